The maximum atomic E-state index is 14.3. The summed E-state index contributed by atoms with van der Waals surface area (Å²) in [7, 11) is -4.10. The zero-order valence-corrected chi connectivity index (χ0v) is 22.3. The van der Waals surface area contributed by atoms with Crippen LogP contribution < -0.4 is 0 Å². The van der Waals surface area contributed by atoms with Crippen molar-refractivity contribution in [3.63, 3.8) is 0 Å². The van der Waals surface area contributed by atoms with Crippen LogP contribution in [0, 0.1) is 29.8 Å². The van der Waals surface area contributed by atoms with E-state index in [0.29, 0.717) is 18.2 Å². The maximum absolute atomic E-state index is 14.3. The monoisotopic (exact) mass is 563 g/mol. The predicted octanol–water partition coefficient (Wildman–Crippen LogP) is 5.83. The number of Topliss-reactive ketones (excluding diaryl/α,β-unsaturated/α-hetero) is 1. The molecule has 1 fully saturated rings. The van der Waals surface area contributed by atoms with Crippen LogP contribution in [-0.2, 0) is 16.3 Å². The fourth-order valence-corrected chi connectivity index (χ4v) is 7.71. The van der Waals surface area contributed by atoms with Gasteiger partial charge in [0.25, 0.3) is 0 Å². The first kappa shape index (κ1) is 26.2. The van der Waals surface area contributed by atoms with Gasteiger partial charge < -0.3 is 0 Å². The van der Waals surface area contributed by atoms with Gasteiger partial charge in [0.2, 0.25) is 0 Å². The van der Waals surface area contributed by atoms with Crippen molar-refractivity contribution in [1.29, 1.82) is 0 Å². The van der Waals surface area contributed by atoms with E-state index in [0.717, 1.165) is 34.5 Å². The molecule has 0 amide bonds. The third-order valence-electron chi connectivity index (χ3n) is 7.93. The Morgan fingerprint density at radius 1 is 1.02 bits per heavy atom. The van der Waals surface area contributed by atoms with Crippen LogP contribution in [0.15, 0.2) is 77.5 Å². The fraction of sp³-hybridized carbons (Fsp3) is 0.233. The Morgan fingerprint density at radius 2 is 1.80 bits per heavy atom. The Bertz CT molecular complexity index is 1800. The summed E-state index contributed by atoms with van der Waals surface area (Å²) >= 11 is 0. The number of ketones is 1. The minimum absolute atomic E-state index is 0.0458. The van der Waals surface area contributed by atoms with Crippen molar-refractivity contribution in [3.05, 3.63) is 113 Å². The van der Waals surface area contributed by atoms with E-state index in [2.05, 4.69) is 10.1 Å². The van der Waals surface area contributed by atoms with Gasteiger partial charge in [-0.05, 0) is 104 Å². The second kappa shape index (κ2) is 9.55. The number of aryl methyl sites for hydroxylation is 1. The van der Waals surface area contributed by atoms with Gasteiger partial charge in [0.05, 0.1) is 33.1 Å². The number of sulfone groups is 1. The third-order valence-corrected chi connectivity index (χ3v) is 10.1. The summed E-state index contributed by atoms with van der Waals surface area (Å²) in [4.78, 5) is 18.3. The van der Waals surface area contributed by atoms with Gasteiger partial charge in [-0.1, -0.05) is 5.57 Å². The van der Waals surface area contributed by atoms with E-state index >= 15 is 0 Å². The number of carbonyl (C=O) groups is 1. The number of fused-ring (bicyclic) bond motifs is 2. The van der Waals surface area contributed by atoms with E-state index in [1.165, 1.54) is 12.1 Å². The quantitative estimate of drug-likeness (QED) is 0.226. The Balaban J connectivity index is 1.46. The molecule has 6 nitrogen and oxygen atoms in total. The summed E-state index contributed by atoms with van der Waals surface area (Å²) in [5.74, 6) is -3.06. The van der Waals surface area contributed by atoms with Gasteiger partial charge in [0.1, 0.15) is 11.5 Å². The van der Waals surface area contributed by atoms with E-state index < -0.39 is 32.1 Å². The van der Waals surface area contributed by atoms with Gasteiger partial charge in [-0.3, -0.25) is 9.78 Å². The lowest BCUT2D eigenvalue weighted by Gasteiger charge is -2.43. The zero-order chi connectivity index (χ0) is 28.2. The molecule has 2 aliphatic rings. The van der Waals surface area contributed by atoms with Gasteiger partial charge in [-0.15, -0.1) is 0 Å². The Labute approximate surface area is 229 Å². The number of pyridine rings is 1. The van der Waals surface area contributed by atoms with Crippen LogP contribution in [0.2, 0.25) is 0 Å². The molecule has 2 atom stereocenters. The molecule has 2 aromatic carbocycles. The van der Waals surface area contributed by atoms with E-state index in [1.54, 1.807) is 41.3 Å². The van der Waals surface area contributed by atoms with E-state index in [1.807, 2.05) is 13.0 Å². The van der Waals surface area contributed by atoms with Gasteiger partial charge >= 0.3 is 0 Å². The average molecular weight is 564 g/mol. The van der Waals surface area contributed by atoms with Crippen molar-refractivity contribution in [2.75, 3.05) is 0 Å². The highest BCUT2D eigenvalue weighted by molar-refractivity contribution is 7.92. The average Bonchev–Trinajstić information content (AvgIpc) is 3.35. The Morgan fingerprint density at radius 3 is 2.52 bits per heavy atom. The van der Waals surface area contributed by atoms with Crippen molar-refractivity contribution < 1.29 is 26.4 Å². The van der Waals surface area contributed by atoms with Crippen molar-refractivity contribution in [1.82, 2.24) is 14.8 Å². The molecule has 0 saturated heterocycles. The smallest absolute Gasteiger partial charge is 0.191 e. The fourth-order valence-electron chi connectivity index (χ4n) is 5.87. The molecule has 2 heterocycles. The van der Waals surface area contributed by atoms with Gasteiger partial charge in [0, 0.05) is 6.20 Å². The molecule has 0 unspecified atom stereocenters. The standard InChI is InChI=1S/C30H24F3N3O3S/c1-18-10-11-34-27(12-18)29(37)30-15-19-17-35-36(22-5-3-21(31)4-6-22)28(19)13-20(30)2-7-24(16-30)40(38,39)23-8-9-25(32)26(33)14-23/h3-6,8-14,17,24H,2,7,15-16H2,1H3/t24-,30-/m0/s1. The van der Waals surface area contributed by atoms with Gasteiger partial charge in [0.15, 0.2) is 27.3 Å². The number of hydrogen-bond donors (Lipinski definition) is 0. The van der Waals surface area contributed by atoms with Crippen molar-refractivity contribution in [3.8, 4) is 5.69 Å². The van der Waals surface area contributed by atoms with Crippen LogP contribution in [0.4, 0.5) is 13.2 Å². The molecular formula is C30H24F3N3O3S. The van der Waals surface area contributed by atoms with Crippen molar-refractivity contribution >= 4 is 21.7 Å². The molecule has 0 spiro atoms. The summed E-state index contributed by atoms with van der Waals surface area (Å²) in [6.07, 6.45) is 5.69. The first-order valence-electron chi connectivity index (χ1n) is 12.8. The molecule has 2 aliphatic carbocycles. The molecule has 0 bridgehead atoms. The molecule has 0 aliphatic heterocycles. The summed E-state index contributed by atoms with van der Waals surface area (Å²) in [5, 5.41) is 3.49. The Kier molecular flexibility index (Phi) is 6.25. The number of hydrogen-bond acceptors (Lipinski definition) is 5. The highest BCUT2D eigenvalue weighted by Gasteiger charge is 2.52. The van der Waals surface area contributed by atoms with E-state index in [-0.39, 0.29) is 41.5 Å². The minimum atomic E-state index is -4.10. The molecule has 0 N–H and O–H groups in total. The van der Waals surface area contributed by atoms with Crippen molar-refractivity contribution in [2.24, 2.45) is 5.41 Å². The molecular weight excluding hydrogens is 539 g/mol. The summed E-state index contributed by atoms with van der Waals surface area (Å²) < 4.78 is 70.1. The number of nitrogens with zero attached hydrogens (tertiary/aromatic N) is 3. The topological polar surface area (TPSA) is 81.9 Å². The molecule has 204 valence electrons. The van der Waals surface area contributed by atoms with Crippen LogP contribution in [0.5, 0.6) is 0 Å². The molecule has 1 saturated carbocycles. The number of aromatic nitrogens is 3. The summed E-state index contributed by atoms with van der Waals surface area (Å²) in [6, 6.07) is 11.9. The van der Waals surface area contributed by atoms with Crippen LogP contribution in [0.3, 0.4) is 0 Å². The van der Waals surface area contributed by atoms with Crippen molar-refractivity contribution in [2.45, 2.75) is 42.8 Å². The Hall–Kier alpha value is -4.05. The summed E-state index contributed by atoms with van der Waals surface area (Å²) in [6.45, 7) is 1.84. The minimum Gasteiger partial charge on any atom is -0.291 e. The zero-order valence-electron chi connectivity index (χ0n) is 21.4. The predicted molar refractivity (Wildman–Crippen MR) is 142 cm³/mol. The molecule has 2 aromatic heterocycles. The molecule has 4 aromatic rings. The number of halogens is 3. The molecule has 40 heavy (non-hydrogen) atoms. The lowest BCUT2D eigenvalue weighted by Crippen LogP contribution is -2.46. The highest BCUT2D eigenvalue weighted by atomic mass is 32.2. The van der Waals surface area contributed by atoms with Crippen LogP contribution in [-0.4, -0.2) is 34.2 Å². The van der Waals surface area contributed by atoms with Gasteiger partial charge in [-0.25, -0.2) is 26.3 Å². The van der Waals surface area contributed by atoms with E-state index in [9.17, 15) is 26.4 Å². The SMILES string of the molecule is Cc1ccnc(C(=O)[C@]23Cc4cnn(-c5ccc(F)cc5)c4C=C2CC[C@H](S(=O)(=O)c2ccc(F)c(F)c2)C3)c1. The largest absolute Gasteiger partial charge is 0.291 e. The van der Waals surface area contributed by atoms with Crippen LogP contribution in [0.25, 0.3) is 11.8 Å². The first-order chi connectivity index (χ1) is 19.1. The third kappa shape index (κ3) is 4.27. The van der Waals surface area contributed by atoms with Gasteiger partial charge in [-0.2, -0.15) is 5.10 Å². The molecule has 6 rings (SSSR count). The number of carbonyl (C=O) groups excluding carboxylic acids is 1. The lowest BCUT2D eigenvalue weighted by atomic mass is 9.61. The van der Waals surface area contributed by atoms with E-state index in [4.69, 9.17) is 0 Å². The second-order valence-electron chi connectivity index (χ2n) is 10.4. The maximum Gasteiger partial charge on any atom is 0.191 e. The normalized spacial score (nSPS) is 20.4. The molecule has 0 radical (unpaired) electrons. The highest BCUT2D eigenvalue weighted by Crippen LogP contribution is 2.51. The number of benzene rings is 2. The second-order valence-corrected chi connectivity index (χ2v) is 12.6. The summed E-state index contributed by atoms with van der Waals surface area (Å²) in [5.41, 5.74) is 2.72. The van der Waals surface area contributed by atoms with Crippen LogP contribution in [0.1, 0.15) is 46.6 Å². The molecule has 10 heteroatoms. The lowest BCUT2D eigenvalue weighted by molar-refractivity contribution is 0.0796. The first-order valence-corrected chi connectivity index (χ1v) is 14.3. The number of allylic oxidation sites excluding steroid dienone is 1. The van der Waals surface area contributed by atoms with Crippen LogP contribution >= 0.6 is 0 Å². The number of rotatable bonds is 5.